The first-order valence-electron chi connectivity index (χ1n) is 11.6. The Balaban J connectivity index is 1.65. The van der Waals surface area contributed by atoms with Gasteiger partial charge in [0.2, 0.25) is 0 Å². The summed E-state index contributed by atoms with van der Waals surface area (Å²) in [5.41, 5.74) is 9.42. The first-order valence-corrected chi connectivity index (χ1v) is 11.6. The van der Waals surface area contributed by atoms with Crippen LogP contribution in [0.2, 0.25) is 0 Å². The molecule has 5 rings (SSSR count). The first kappa shape index (κ1) is 23.5. The lowest BCUT2D eigenvalue weighted by Gasteiger charge is -2.20. The van der Waals surface area contributed by atoms with Crippen molar-refractivity contribution in [2.75, 3.05) is 0 Å². The lowest BCUT2D eigenvalue weighted by atomic mass is 10.0. The minimum atomic E-state index is -0.731. The number of hydrogen-bond acceptors (Lipinski definition) is 5. The van der Waals surface area contributed by atoms with Gasteiger partial charge in [0.1, 0.15) is 5.69 Å². The van der Waals surface area contributed by atoms with Crippen molar-refractivity contribution < 1.29 is 14.3 Å². The fourth-order valence-electron chi connectivity index (χ4n) is 4.51. The second-order valence-electron chi connectivity index (χ2n) is 8.48. The van der Waals surface area contributed by atoms with Crippen molar-refractivity contribution in [2.45, 2.75) is 12.6 Å². The second-order valence-corrected chi connectivity index (χ2v) is 8.48. The topological polar surface area (TPSA) is 111 Å². The normalized spacial score (nSPS) is 11.5. The highest BCUT2D eigenvalue weighted by atomic mass is 16.5. The quantitative estimate of drug-likeness (QED) is 0.325. The summed E-state index contributed by atoms with van der Waals surface area (Å²) < 4.78 is 7.83. The fourth-order valence-corrected chi connectivity index (χ4v) is 4.51. The molecule has 3 aromatic carbocycles. The van der Waals surface area contributed by atoms with E-state index in [1.54, 1.807) is 59.4 Å². The number of carbonyl (C=O) groups is 2. The van der Waals surface area contributed by atoms with E-state index in [4.69, 9.17) is 10.5 Å². The Kier molecular flexibility index (Phi) is 6.47. The number of ether oxygens (including phenoxy) is 1. The van der Waals surface area contributed by atoms with Gasteiger partial charge < -0.3 is 15.0 Å². The van der Waals surface area contributed by atoms with Crippen LogP contribution in [0.3, 0.4) is 0 Å². The number of benzene rings is 3. The monoisotopic (exact) mass is 486 g/mol. The zero-order chi connectivity index (χ0) is 25.8. The molecule has 0 saturated heterocycles. The summed E-state index contributed by atoms with van der Waals surface area (Å²) in [4.78, 5) is 30.7. The van der Waals surface area contributed by atoms with Gasteiger partial charge in [-0.05, 0) is 41.5 Å². The number of primary amides is 1. The van der Waals surface area contributed by atoms with Crippen molar-refractivity contribution in [1.29, 1.82) is 5.26 Å². The van der Waals surface area contributed by atoms with Crippen LogP contribution in [-0.2, 0) is 11.3 Å². The maximum atomic E-state index is 13.9. The largest absolute Gasteiger partial charge is 0.448 e. The van der Waals surface area contributed by atoms with Gasteiger partial charge in [-0.25, -0.2) is 4.79 Å². The molecule has 0 bridgehead atoms. The fraction of sp³-hybridized carbons (Fsp3) is 0.0667. The van der Waals surface area contributed by atoms with Gasteiger partial charge >= 0.3 is 5.97 Å². The molecule has 180 valence electrons. The molecule has 37 heavy (non-hydrogen) atoms. The number of hydrogen-bond donors (Lipinski definition) is 1. The lowest BCUT2D eigenvalue weighted by molar-refractivity contribution is 0.0363. The van der Waals surface area contributed by atoms with Gasteiger partial charge in [-0.3, -0.25) is 9.78 Å². The predicted octanol–water partition coefficient (Wildman–Crippen LogP) is 5.00. The molecular weight excluding hydrogens is 464 g/mol. The number of fused-ring (bicyclic) bond motifs is 1. The highest BCUT2D eigenvalue weighted by Crippen LogP contribution is 2.32. The van der Waals surface area contributed by atoms with E-state index in [1.807, 2.05) is 48.5 Å². The van der Waals surface area contributed by atoms with Crippen LogP contribution in [0.4, 0.5) is 0 Å². The molecule has 0 aliphatic carbocycles. The Morgan fingerprint density at radius 3 is 2.35 bits per heavy atom. The van der Waals surface area contributed by atoms with Gasteiger partial charge in [0, 0.05) is 35.4 Å². The number of pyridine rings is 1. The Morgan fingerprint density at radius 2 is 1.62 bits per heavy atom. The Morgan fingerprint density at radius 1 is 0.919 bits per heavy atom. The molecule has 1 atom stereocenters. The van der Waals surface area contributed by atoms with E-state index in [1.165, 1.54) is 0 Å². The lowest BCUT2D eigenvalue weighted by Crippen LogP contribution is -2.22. The number of aromatic nitrogens is 2. The average Bonchev–Trinajstić information content (AvgIpc) is 3.27. The summed E-state index contributed by atoms with van der Waals surface area (Å²) in [5.74, 6) is -1.42. The highest BCUT2D eigenvalue weighted by Gasteiger charge is 2.30. The number of esters is 1. The number of nitrogens with zero attached hydrogens (tertiary/aromatic N) is 3. The summed E-state index contributed by atoms with van der Waals surface area (Å²) >= 11 is 0. The van der Waals surface area contributed by atoms with Crippen LogP contribution in [0.1, 0.15) is 49.2 Å². The average molecular weight is 487 g/mol. The summed E-state index contributed by atoms with van der Waals surface area (Å²) in [6.07, 6.45) is 2.53. The zero-order valence-corrected chi connectivity index (χ0v) is 19.7. The molecule has 1 unspecified atom stereocenters. The number of rotatable bonds is 7. The van der Waals surface area contributed by atoms with Crippen molar-refractivity contribution in [1.82, 2.24) is 9.55 Å². The minimum Gasteiger partial charge on any atom is -0.448 e. The van der Waals surface area contributed by atoms with E-state index in [0.29, 0.717) is 16.5 Å². The molecule has 0 aliphatic rings. The summed E-state index contributed by atoms with van der Waals surface area (Å²) in [5, 5.41) is 9.89. The van der Waals surface area contributed by atoms with Gasteiger partial charge in [-0.15, -0.1) is 0 Å². The Hall–Kier alpha value is -5.22. The van der Waals surface area contributed by atoms with Gasteiger partial charge in [-0.1, -0.05) is 60.7 Å². The van der Waals surface area contributed by atoms with Crippen molar-refractivity contribution in [2.24, 2.45) is 5.73 Å². The number of amides is 1. The molecule has 0 saturated carbocycles. The van der Waals surface area contributed by atoms with E-state index < -0.39 is 18.0 Å². The molecule has 7 nitrogen and oxygen atoms in total. The molecule has 0 aliphatic heterocycles. The van der Waals surface area contributed by atoms with Crippen LogP contribution in [0, 0.1) is 11.3 Å². The van der Waals surface area contributed by atoms with E-state index in [9.17, 15) is 14.9 Å². The molecule has 2 N–H and O–H groups in total. The molecule has 7 heteroatoms. The molecule has 2 aromatic heterocycles. The van der Waals surface area contributed by atoms with E-state index in [0.717, 1.165) is 16.7 Å². The maximum absolute atomic E-state index is 13.9. The van der Waals surface area contributed by atoms with E-state index >= 15 is 0 Å². The minimum absolute atomic E-state index is 0.0612. The van der Waals surface area contributed by atoms with E-state index in [2.05, 4.69) is 11.1 Å². The Labute approximate surface area is 213 Å². The number of nitrogens with two attached hydrogens (primary N) is 1. The third-order valence-corrected chi connectivity index (χ3v) is 6.14. The van der Waals surface area contributed by atoms with Crippen LogP contribution >= 0.6 is 0 Å². The molecule has 0 spiro atoms. The van der Waals surface area contributed by atoms with Gasteiger partial charge in [-0.2, -0.15) is 5.26 Å². The standard InChI is InChI=1S/C30H22N4O3/c31-18-20-7-6-8-21(17-20)19-34-25-12-5-4-11-24(25)26(29(32)35)27(34)30(36)37-28(22-9-2-1-3-10-22)23-13-15-33-16-14-23/h1-17,28H,19H2,(H2,32,35). The SMILES string of the molecule is N#Cc1cccc(Cn2c(C(=O)OC(c3ccccc3)c3ccncc3)c(C(N)=O)c3ccccc32)c1. The van der Waals surface area contributed by atoms with Crippen LogP contribution < -0.4 is 5.73 Å². The third-order valence-electron chi connectivity index (χ3n) is 6.14. The first-order chi connectivity index (χ1) is 18.1. The summed E-state index contributed by atoms with van der Waals surface area (Å²) in [7, 11) is 0. The third kappa shape index (κ3) is 4.68. The van der Waals surface area contributed by atoms with Crippen LogP contribution in [0.15, 0.2) is 103 Å². The Bertz CT molecular complexity index is 1600. The van der Waals surface area contributed by atoms with Gasteiger partial charge in [0.05, 0.1) is 17.2 Å². The second kappa shape index (κ2) is 10.2. The van der Waals surface area contributed by atoms with Crippen molar-refractivity contribution >= 4 is 22.8 Å². The maximum Gasteiger partial charge on any atom is 0.356 e. The zero-order valence-electron chi connectivity index (χ0n) is 19.7. The predicted molar refractivity (Wildman–Crippen MR) is 139 cm³/mol. The van der Waals surface area contributed by atoms with Crippen LogP contribution in [-0.4, -0.2) is 21.4 Å². The van der Waals surface area contributed by atoms with Gasteiger partial charge in [0.15, 0.2) is 6.10 Å². The molecule has 0 fully saturated rings. The molecule has 0 radical (unpaired) electrons. The highest BCUT2D eigenvalue weighted by molar-refractivity contribution is 6.14. The van der Waals surface area contributed by atoms with Crippen molar-refractivity contribution in [3.05, 3.63) is 137 Å². The van der Waals surface area contributed by atoms with Crippen LogP contribution in [0.25, 0.3) is 10.9 Å². The molecule has 5 aromatic rings. The van der Waals surface area contributed by atoms with Gasteiger partial charge in [0.25, 0.3) is 5.91 Å². The number of para-hydroxylation sites is 1. The van der Waals surface area contributed by atoms with Crippen LogP contribution in [0.5, 0.6) is 0 Å². The summed E-state index contributed by atoms with van der Waals surface area (Å²) in [6.45, 7) is 0.235. The summed E-state index contributed by atoms with van der Waals surface area (Å²) in [6, 6.07) is 29.3. The smallest absolute Gasteiger partial charge is 0.356 e. The van der Waals surface area contributed by atoms with Crippen molar-refractivity contribution in [3.63, 3.8) is 0 Å². The van der Waals surface area contributed by atoms with Crippen molar-refractivity contribution in [3.8, 4) is 6.07 Å². The molecule has 1 amide bonds. The molecule has 2 heterocycles. The number of nitriles is 1. The molecular formula is C30H22N4O3. The number of carbonyl (C=O) groups excluding carboxylic acids is 2. The van der Waals surface area contributed by atoms with E-state index in [-0.39, 0.29) is 17.8 Å².